The second-order valence-corrected chi connectivity index (χ2v) is 8.74. The number of ether oxygens (including phenoxy) is 2. The van der Waals surface area contributed by atoms with Gasteiger partial charge in [-0.05, 0) is 13.3 Å². The van der Waals surface area contributed by atoms with Crippen molar-refractivity contribution < 1.29 is 19.1 Å². The van der Waals surface area contributed by atoms with Crippen LogP contribution in [0.1, 0.15) is 36.3 Å². The standard InChI is InChI=1S/C29H28N2O4/c1-2-34-29(33)26(30-25(20-12-6-3-7-13-20)21-14-8-4-9-15-21)24-18-23-19-35-28(31(23)27(24)32)22-16-10-5-11-17-22/h3-17,23-24,26,28H,2,18-19H2,1H3/t23-,24+,26-,28+/m0/s1. The van der Waals surface area contributed by atoms with Gasteiger partial charge in [0.05, 0.1) is 30.9 Å². The lowest BCUT2D eigenvalue weighted by Crippen LogP contribution is -2.38. The fourth-order valence-electron chi connectivity index (χ4n) is 4.94. The zero-order valence-electron chi connectivity index (χ0n) is 19.6. The Kier molecular flexibility index (Phi) is 6.73. The zero-order valence-corrected chi connectivity index (χ0v) is 19.6. The van der Waals surface area contributed by atoms with E-state index in [1.807, 2.05) is 91.0 Å². The summed E-state index contributed by atoms with van der Waals surface area (Å²) in [6.45, 7) is 2.42. The maximum atomic E-state index is 13.7. The molecule has 0 bridgehead atoms. The molecule has 178 valence electrons. The van der Waals surface area contributed by atoms with E-state index in [4.69, 9.17) is 14.5 Å². The van der Waals surface area contributed by atoms with E-state index in [0.29, 0.717) is 18.7 Å². The first kappa shape index (κ1) is 23.0. The van der Waals surface area contributed by atoms with Crippen LogP contribution in [-0.2, 0) is 19.1 Å². The van der Waals surface area contributed by atoms with E-state index in [1.165, 1.54) is 0 Å². The van der Waals surface area contributed by atoms with Crippen molar-refractivity contribution >= 4 is 17.6 Å². The zero-order chi connectivity index (χ0) is 24.2. The topological polar surface area (TPSA) is 68.2 Å². The van der Waals surface area contributed by atoms with Crippen LogP contribution in [0.15, 0.2) is 96.0 Å². The minimum Gasteiger partial charge on any atom is -0.464 e. The summed E-state index contributed by atoms with van der Waals surface area (Å²) in [5, 5.41) is 0. The Hall–Kier alpha value is -3.77. The normalized spacial score (nSPS) is 21.9. The maximum Gasteiger partial charge on any atom is 0.331 e. The van der Waals surface area contributed by atoms with Crippen molar-refractivity contribution in [1.82, 2.24) is 4.90 Å². The summed E-state index contributed by atoms with van der Waals surface area (Å²) >= 11 is 0. The summed E-state index contributed by atoms with van der Waals surface area (Å²) in [5.74, 6) is -1.21. The first-order chi connectivity index (χ1) is 17.2. The van der Waals surface area contributed by atoms with Crippen LogP contribution in [0, 0.1) is 5.92 Å². The van der Waals surface area contributed by atoms with Gasteiger partial charge in [0.1, 0.15) is 0 Å². The van der Waals surface area contributed by atoms with E-state index in [1.54, 1.807) is 11.8 Å². The summed E-state index contributed by atoms with van der Waals surface area (Å²) in [4.78, 5) is 33.7. The number of hydrogen-bond acceptors (Lipinski definition) is 5. The summed E-state index contributed by atoms with van der Waals surface area (Å²) in [7, 11) is 0. The quantitative estimate of drug-likeness (QED) is 0.381. The molecule has 6 heteroatoms. The number of nitrogens with zero attached hydrogens (tertiary/aromatic N) is 2. The summed E-state index contributed by atoms with van der Waals surface area (Å²) in [6, 6.07) is 28.1. The minimum absolute atomic E-state index is 0.0956. The third-order valence-corrected chi connectivity index (χ3v) is 6.55. The van der Waals surface area contributed by atoms with Gasteiger partial charge in [0.25, 0.3) is 0 Å². The molecule has 1 amide bonds. The van der Waals surface area contributed by atoms with Crippen LogP contribution in [0.2, 0.25) is 0 Å². The average Bonchev–Trinajstić information content (AvgIpc) is 3.46. The van der Waals surface area contributed by atoms with Crippen molar-refractivity contribution in [2.24, 2.45) is 10.9 Å². The van der Waals surface area contributed by atoms with Gasteiger partial charge < -0.3 is 14.4 Å². The molecule has 4 atom stereocenters. The molecule has 2 fully saturated rings. The molecular formula is C29H28N2O4. The number of carbonyl (C=O) groups excluding carboxylic acids is 2. The second kappa shape index (κ2) is 10.2. The Labute approximate surface area is 205 Å². The fraction of sp³-hybridized carbons (Fsp3) is 0.276. The molecule has 2 saturated heterocycles. The highest BCUT2D eigenvalue weighted by atomic mass is 16.5. The van der Waals surface area contributed by atoms with Gasteiger partial charge >= 0.3 is 5.97 Å². The van der Waals surface area contributed by atoms with E-state index in [2.05, 4.69) is 0 Å². The molecule has 3 aromatic carbocycles. The second-order valence-electron chi connectivity index (χ2n) is 8.74. The van der Waals surface area contributed by atoms with E-state index in [-0.39, 0.29) is 18.6 Å². The number of fused-ring (bicyclic) bond motifs is 1. The molecule has 5 rings (SSSR count). The van der Waals surface area contributed by atoms with Crippen LogP contribution in [0.4, 0.5) is 0 Å². The van der Waals surface area contributed by atoms with Crippen LogP contribution >= 0.6 is 0 Å². The molecule has 0 saturated carbocycles. The highest BCUT2D eigenvalue weighted by Crippen LogP contribution is 2.41. The molecule has 0 aliphatic carbocycles. The predicted octanol–water partition coefficient (Wildman–Crippen LogP) is 4.40. The van der Waals surface area contributed by atoms with Gasteiger partial charge in [-0.3, -0.25) is 9.79 Å². The Balaban J connectivity index is 1.53. The molecule has 35 heavy (non-hydrogen) atoms. The monoisotopic (exact) mass is 468 g/mol. The summed E-state index contributed by atoms with van der Waals surface area (Å²) in [6.07, 6.45) is 0.0414. The molecule has 0 unspecified atom stereocenters. The number of esters is 1. The molecule has 6 nitrogen and oxygen atoms in total. The van der Waals surface area contributed by atoms with E-state index in [0.717, 1.165) is 16.7 Å². The van der Waals surface area contributed by atoms with Gasteiger partial charge in [-0.25, -0.2) is 4.79 Å². The van der Waals surface area contributed by atoms with E-state index < -0.39 is 24.2 Å². The number of benzene rings is 3. The number of carbonyl (C=O) groups is 2. The van der Waals surface area contributed by atoms with Gasteiger partial charge in [0.15, 0.2) is 12.3 Å². The third-order valence-electron chi connectivity index (χ3n) is 6.55. The van der Waals surface area contributed by atoms with E-state index in [9.17, 15) is 9.59 Å². The lowest BCUT2D eigenvalue weighted by atomic mass is 9.94. The number of aliphatic imine (C=N–C) groups is 1. The molecule has 2 aliphatic heterocycles. The SMILES string of the molecule is CCOC(=O)[C@@H](N=C(c1ccccc1)c1ccccc1)[C@H]1C[C@H]2CO[C@H](c3ccccc3)N2C1=O. The predicted molar refractivity (Wildman–Crippen MR) is 133 cm³/mol. The lowest BCUT2D eigenvalue weighted by Gasteiger charge is -2.24. The van der Waals surface area contributed by atoms with Gasteiger partial charge in [-0.15, -0.1) is 0 Å². The van der Waals surface area contributed by atoms with E-state index >= 15 is 0 Å². The summed E-state index contributed by atoms with van der Waals surface area (Å²) in [5.41, 5.74) is 3.35. The number of amides is 1. The molecular weight excluding hydrogens is 440 g/mol. The van der Waals surface area contributed by atoms with Crippen LogP contribution in [-0.4, -0.2) is 47.8 Å². The van der Waals surface area contributed by atoms with Crippen LogP contribution in [0.3, 0.4) is 0 Å². The Morgan fingerprint density at radius 2 is 1.54 bits per heavy atom. The van der Waals surface area contributed by atoms with Crippen molar-refractivity contribution in [3.05, 3.63) is 108 Å². The van der Waals surface area contributed by atoms with Crippen molar-refractivity contribution in [2.75, 3.05) is 13.2 Å². The molecule has 0 aromatic heterocycles. The van der Waals surface area contributed by atoms with Gasteiger partial charge in [-0.1, -0.05) is 91.0 Å². The smallest absolute Gasteiger partial charge is 0.331 e. The maximum absolute atomic E-state index is 13.7. The molecule has 2 heterocycles. The van der Waals surface area contributed by atoms with Crippen molar-refractivity contribution in [2.45, 2.75) is 31.7 Å². The van der Waals surface area contributed by atoms with Gasteiger partial charge in [0.2, 0.25) is 5.91 Å². The molecule has 3 aromatic rings. The third kappa shape index (κ3) is 4.62. The Morgan fingerprint density at radius 3 is 2.11 bits per heavy atom. The molecule has 0 radical (unpaired) electrons. The minimum atomic E-state index is -0.945. The number of rotatable bonds is 7. The first-order valence-electron chi connectivity index (χ1n) is 12.0. The Morgan fingerprint density at radius 1 is 0.971 bits per heavy atom. The van der Waals surface area contributed by atoms with Crippen LogP contribution in [0.5, 0.6) is 0 Å². The molecule has 0 N–H and O–H groups in total. The molecule has 2 aliphatic rings. The van der Waals surface area contributed by atoms with Gasteiger partial charge in [-0.2, -0.15) is 0 Å². The lowest BCUT2D eigenvalue weighted by molar-refractivity contribution is -0.150. The average molecular weight is 469 g/mol. The van der Waals surface area contributed by atoms with Crippen molar-refractivity contribution in [1.29, 1.82) is 0 Å². The largest absolute Gasteiger partial charge is 0.464 e. The highest BCUT2D eigenvalue weighted by molar-refractivity contribution is 6.13. The molecule has 0 spiro atoms. The van der Waals surface area contributed by atoms with Crippen molar-refractivity contribution in [3.8, 4) is 0 Å². The van der Waals surface area contributed by atoms with Crippen LogP contribution < -0.4 is 0 Å². The van der Waals surface area contributed by atoms with Crippen LogP contribution in [0.25, 0.3) is 0 Å². The summed E-state index contributed by atoms with van der Waals surface area (Å²) < 4.78 is 11.4. The fourth-order valence-corrected chi connectivity index (χ4v) is 4.94. The van der Waals surface area contributed by atoms with Gasteiger partial charge in [0, 0.05) is 16.7 Å². The van der Waals surface area contributed by atoms with Crippen molar-refractivity contribution in [3.63, 3.8) is 0 Å². The Bertz CT molecular complexity index is 1160. The highest BCUT2D eigenvalue weighted by Gasteiger charge is 2.52. The number of hydrogen-bond donors (Lipinski definition) is 0. The first-order valence-corrected chi connectivity index (χ1v) is 12.0.